The molecule has 0 aliphatic rings. The minimum Gasteiger partial charge on any atom is -0.352 e. The standard InChI is InChI=1S/C29H31Cl3N2O2S/c1-3-20(2)33-29(36)27(15-21-8-5-4-6-9-21)34(17-22-10-7-11-24(30)14-22)28(35)19-37-18-23-12-13-25(31)16-26(23)32/h4-14,16,20,27H,3,15,17-19H2,1-2H3,(H,33,36)/t20-,27+/m1/s1. The van der Waals surface area contributed by atoms with Crippen molar-refractivity contribution in [1.82, 2.24) is 10.2 Å². The fourth-order valence-electron chi connectivity index (χ4n) is 3.80. The highest BCUT2D eigenvalue weighted by Gasteiger charge is 2.31. The van der Waals surface area contributed by atoms with Gasteiger partial charge in [-0.15, -0.1) is 11.8 Å². The average molecular weight is 578 g/mol. The van der Waals surface area contributed by atoms with Crippen molar-refractivity contribution in [2.75, 3.05) is 5.75 Å². The molecule has 0 radical (unpaired) electrons. The second-order valence-corrected chi connectivity index (χ2v) is 11.2. The van der Waals surface area contributed by atoms with Crippen molar-refractivity contribution >= 4 is 58.4 Å². The van der Waals surface area contributed by atoms with Gasteiger partial charge in [-0.2, -0.15) is 0 Å². The maximum Gasteiger partial charge on any atom is 0.243 e. The molecule has 8 heteroatoms. The lowest BCUT2D eigenvalue weighted by molar-refractivity contribution is -0.139. The molecule has 196 valence electrons. The van der Waals surface area contributed by atoms with Gasteiger partial charge < -0.3 is 10.2 Å². The van der Waals surface area contributed by atoms with E-state index in [1.165, 1.54) is 11.8 Å². The molecular formula is C29H31Cl3N2O2S. The molecule has 0 aliphatic heterocycles. The van der Waals surface area contributed by atoms with Crippen LogP contribution in [0.25, 0.3) is 0 Å². The molecule has 3 aromatic carbocycles. The van der Waals surface area contributed by atoms with E-state index in [9.17, 15) is 9.59 Å². The van der Waals surface area contributed by atoms with E-state index in [4.69, 9.17) is 34.8 Å². The summed E-state index contributed by atoms with van der Waals surface area (Å²) in [7, 11) is 0. The van der Waals surface area contributed by atoms with E-state index in [-0.39, 0.29) is 30.2 Å². The summed E-state index contributed by atoms with van der Waals surface area (Å²) in [5, 5.41) is 4.80. The lowest BCUT2D eigenvalue weighted by Gasteiger charge is -2.32. The number of nitrogens with one attached hydrogen (secondary N) is 1. The zero-order chi connectivity index (χ0) is 26.8. The summed E-state index contributed by atoms with van der Waals surface area (Å²) in [6.07, 6.45) is 1.20. The Labute approximate surface area is 238 Å². The first kappa shape index (κ1) is 29.4. The number of carbonyl (C=O) groups excluding carboxylic acids is 2. The summed E-state index contributed by atoms with van der Waals surface area (Å²) in [6, 6.07) is 21.8. The number of hydrogen-bond acceptors (Lipinski definition) is 3. The predicted octanol–water partition coefficient (Wildman–Crippen LogP) is 7.43. The Morgan fingerprint density at radius 1 is 0.919 bits per heavy atom. The smallest absolute Gasteiger partial charge is 0.243 e. The number of carbonyl (C=O) groups is 2. The van der Waals surface area contributed by atoms with Gasteiger partial charge in [-0.05, 0) is 54.3 Å². The molecule has 0 saturated carbocycles. The average Bonchev–Trinajstić information content (AvgIpc) is 2.87. The van der Waals surface area contributed by atoms with Crippen LogP contribution in [-0.2, 0) is 28.3 Å². The third-order valence-electron chi connectivity index (χ3n) is 6.01. The van der Waals surface area contributed by atoms with Crippen LogP contribution in [0.3, 0.4) is 0 Å². The first-order valence-electron chi connectivity index (χ1n) is 12.2. The van der Waals surface area contributed by atoms with Gasteiger partial charge in [0.15, 0.2) is 0 Å². The number of thioether (sulfide) groups is 1. The quantitative estimate of drug-likeness (QED) is 0.243. The Bertz CT molecular complexity index is 1190. The van der Waals surface area contributed by atoms with Gasteiger partial charge in [-0.1, -0.05) is 90.3 Å². The van der Waals surface area contributed by atoms with Crippen molar-refractivity contribution in [3.63, 3.8) is 0 Å². The minimum absolute atomic E-state index is 0.00434. The zero-order valence-corrected chi connectivity index (χ0v) is 24.0. The van der Waals surface area contributed by atoms with E-state index >= 15 is 0 Å². The second kappa shape index (κ2) is 14.7. The number of nitrogens with zero attached hydrogens (tertiary/aromatic N) is 1. The first-order valence-corrected chi connectivity index (χ1v) is 14.5. The number of benzene rings is 3. The Morgan fingerprint density at radius 2 is 1.62 bits per heavy atom. The largest absolute Gasteiger partial charge is 0.352 e. The molecule has 0 unspecified atom stereocenters. The van der Waals surface area contributed by atoms with Crippen LogP contribution in [0.5, 0.6) is 0 Å². The molecule has 3 rings (SSSR count). The Hall–Kier alpha value is -2.18. The topological polar surface area (TPSA) is 49.4 Å². The summed E-state index contributed by atoms with van der Waals surface area (Å²) in [5.41, 5.74) is 2.75. The van der Waals surface area contributed by atoms with E-state index in [2.05, 4.69) is 5.32 Å². The fourth-order valence-corrected chi connectivity index (χ4v) is 5.48. The van der Waals surface area contributed by atoms with E-state index < -0.39 is 6.04 Å². The Kier molecular flexibility index (Phi) is 11.7. The molecule has 0 saturated heterocycles. The summed E-state index contributed by atoms with van der Waals surface area (Å²) in [5.74, 6) is 0.450. The van der Waals surface area contributed by atoms with Gasteiger partial charge in [0.25, 0.3) is 0 Å². The van der Waals surface area contributed by atoms with Crippen molar-refractivity contribution in [2.24, 2.45) is 0 Å². The molecule has 0 heterocycles. The summed E-state index contributed by atoms with van der Waals surface area (Å²) in [4.78, 5) is 28.9. The molecule has 0 bridgehead atoms. The monoisotopic (exact) mass is 576 g/mol. The molecule has 3 aromatic rings. The Balaban J connectivity index is 1.86. The van der Waals surface area contributed by atoms with Crippen molar-refractivity contribution in [3.05, 3.63) is 105 Å². The maximum absolute atomic E-state index is 13.7. The van der Waals surface area contributed by atoms with Crippen molar-refractivity contribution in [1.29, 1.82) is 0 Å². The summed E-state index contributed by atoms with van der Waals surface area (Å²) < 4.78 is 0. The molecule has 0 aromatic heterocycles. The normalized spacial score (nSPS) is 12.6. The summed E-state index contributed by atoms with van der Waals surface area (Å²) >= 11 is 20.0. The number of halogens is 3. The molecule has 2 amide bonds. The molecule has 0 aliphatic carbocycles. The summed E-state index contributed by atoms with van der Waals surface area (Å²) in [6.45, 7) is 4.25. The van der Waals surface area contributed by atoms with Crippen molar-refractivity contribution in [3.8, 4) is 0 Å². The van der Waals surface area contributed by atoms with Gasteiger partial charge in [-0.25, -0.2) is 0 Å². The molecule has 1 N–H and O–H groups in total. The highest BCUT2D eigenvalue weighted by molar-refractivity contribution is 7.99. The highest BCUT2D eigenvalue weighted by atomic mass is 35.5. The maximum atomic E-state index is 13.7. The number of rotatable bonds is 12. The lowest BCUT2D eigenvalue weighted by Crippen LogP contribution is -2.52. The van der Waals surface area contributed by atoms with Gasteiger partial charge in [0.2, 0.25) is 11.8 Å². The molecule has 0 fully saturated rings. The Morgan fingerprint density at radius 3 is 2.30 bits per heavy atom. The fraction of sp³-hybridized carbons (Fsp3) is 0.310. The van der Waals surface area contributed by atoms with Crippen LogP contribution >= 0.6 is 46.6 Å². The van der Waals surface area contributed by atoms with Crippen LogP contribution < -0.4 is 5.32 Å². The van der Waals surface area contributed by atoms with Crippen LogP contribution in [0.2, 0.25) is 15.1 Å². The van der Waals surface area contributed by atoms with E-state index in [1.54, 1.807) is 23.1 Å². The zero-order valence-electron chi connectivity index (χ0n) is 20.9. The first-order chi connectivity index (χ1) is 17.8. The van der Waals surface area contributed by atoms with E-state index in [0.717, 1.165) is 23.1 Å². The second-order valence-electron chi connectivity index (χ2n) is 8.90. The molecule has 2 atom stereocenters. The third-order valence-corrected chi connectivity index (χ3v) is 7.80. The van der Waals surface area contributed by atoms with Crippen molar-refractivity contribution < 1.29 is 9.59 Å². The molecule has 4 nitrogen and oxygen atoms in total. The minimum atomic E-state index is -0.678. The van der Waals surface area contributed by atoms with Gasteiger partial charge in [0, 0.05) is 39.8 Å². The van der Waals surface area contributed by atoms with Crippen LogP contribution in [-0.4, -0.2) is 34.6 Å². The van der Waals surface area contributed by atoms with Crippen molar-refractivity contribution in [2.45, 2.75) is 51.1 Å². The third kappa shape index (κ3) is 9.26. The predicted molar refractivity (Wildman–Crippen MR) is 156 cm³/mol. The SMILES string of the molecule is CC[C@@H](C)NC(=O)[C@H](Cc1ccccc1)N(Cc1cccc(Cl)c1)C(=O)CSCc1ccc(Cl)cc1Cl. The van der Waals surface area contributed by atoms with Crippen LogP contribution in [0, 0.1) is 0 Å². The molecule has 0 spiro atoms. The molecular weight excluding hydrogens is 547 g/mol. The van der Waals surface area contributed by atoms with Crippen LogP contribution in [0.4, 0.5) is 0 Å². The van der Waals surface area contributed by atoms with Gasteiger partial charge in [-0.3, -0.25) is 9.59 Å². The number of hydrogen-bond donors (Lipinski definition) is 1. The van der Waals surface area contributed by atoms with E-state index in [1.807, 2.05) is 68.4 Å². The van der Waals surface area contributed by atoms with E-state index in [0.29, 0.717) is 27.2 Å². The van der Waals surface area contributed by atoms with Crippen LogP contribution in [0.15, 0.2) is 72.8 Å². The van der Waals surface area contributed by atoms with Gasteiger partial charge >= 0.3 is 0 Å². The highest BCUT2D eigenvalue weighted by Crippen LogP contribution is 2.25. The van der Waals surface area contributed by atoms with Gasteiger partial charge in [0.05, 0.1) is 5.75 Å². The van der Waals surface area contributed by atoms with Gasteiger partial charge in [0.1, 0.15) is 6.04 Å². The lowest BCUT2D eigenvalue weighted by atomic mass is 10.0. The van der Waals surface area contributed by atoms with Crippen LogP contribution in [0.1, 0.15) is 37.0 Å². The number of amides is 2. The molecule has 37 heavy (non-hydrogen) atoms.